The number of non-ortho nitro benzene ring substituents is 1. The first-order chi connectivity index (χ1) is 16.6. The molecular weight excluding hydrogens is 497 g/mol. The molecular formula is C24H19Cl2N3O6. The number of nitro groups is 1. The van der Waals surface area contributed by atoms with Crippen LogP contribution in [0.3, 0.4) is 0 Å². The summed E-state index contributed by atoms with van der Waals surface area (Å²) < 4.78 is 0. The molecule has 11 heteroatoms. The number of rotatable bonds is 6. The standard InChI is InChI=1S/C24H19Cl2N3O6/c1-13-4-2-7-18-21(13)24(33)28(23(18)32)27(22(31)17-9-8-15(25)11-19(17)26)12-20(30)14-5-3-6-16(10-14)29(34)35/h2-6,8-11,13,18,21H,7,12H2,1H3/t13-,18-,21-/m1/s1. The molecule has 180 valence electrons. The van der Waals surface area contributed by atoms with Crippen LogP contribution in [-0.2, 0) is 9.59 Å². The van der Waals surface area contributed by atoms with E-state index in [0.29, 0.717) is 6.42 Å². The second kappa shape index (κ2) is 9.59. The number of hydrazine groups is 1. The number of halogens is 2. The summed E-state index contributed by atoms with van der Waals surface area (Å²) in [5, 5.41) is 12.9. The van der Waals surface area contributed by atoms with E-state index in [2.05, 4.69) is 0 Å². The highest BCUT2D eigenvalue weighted by Crippen LogP contribution is 2.39. The van der Waals surface area contributed by atoms with Crippen molar-refractivity contribution in [1.29, 1.82) is 0 Å². The molecule has 4 rings (SSSR count). The second-order valence-corrected chi connectivity index (χ2v) is 9.20. The maximum absolute atomic E-state index is 13.6. The van der Waals surface area contributed by atoms with Crippen LogP contribution in [0.25, 0.3) is 0 Å². The molecule has 0 saturated carbocycles. The van der Waals surface area contributed by atoms with Crippen LogP contribution in [0, 0.1) is 27.9 Å². The lowest BCUT2D eigenvalue weighted by atomic mass is 9.78. The Kier molecular flexibility index (Phi) is 6.73. The third kappa shape index (κ3) is 4.56. The molecule has 3 amide bonds. The van der Waals surface area contributed by atoms with Gasteiger partial charge in [-0.3, -0.25) is 29.3 Å². The molecule has 0 bridgehead atoms. The molecule has 1 heterocycles. The van der Waals surface area contributed by atoms with E-state index in [-0.39, 0.29) is 32.8 Å². The van der Waals surface area contributed by atoms with E-state index in [1.54, 1.807) is 6.92 Å². The van der Waals surface area contributed by atoms with Crippen molar-refractivity contribution in [3.05, 3.63) is 85.9 Å². The van der Waals surface area contributed by atoms with Crippen molar-refractivity contribution in [2.24, 2.45) is 17.8 Å². The summed E-state index contributed by atoms with van der Waals surface area (Å²) >= 11 is 12.1. The smallest absolute Gasteiger partial charge is 0.274 e. The average molecular weight is 516 g/mol. The molecule has 35 heavy (non-hydrogen) atoms. The minimum Gasteiger partial charge on any atom is -0.292 e. The average Bonchev–Trinajstić information content (AvgIpc) is 3.08. The van der Waals surface area contributed by atoms with Crippen molar-refractivity contribution >= 4 is 52.4 Å². The fourth-order valence-corrected chi connectivity index (χ4v) is 4.91. The summed E-state index contributed by atoms with van der Waals surface area (Å²) in [6, 6.07) is 9.06. The third-order valence-electron chi connectivity index (χ3n) is 6.16. The van der Waals surface area contributed by atoms with Crippen molar-refractivity contribution in [2.75, 3.05) is 6.54 Å². The molecule has 9 nitrogen and oxygen atoms in total. The van der Waals surface area contributed by atoms with E-state index in [0.717, 1.165) is 16.1 Å². The number of hydrogen-bond donors (Lipinski definition) is 0. The first-order valence-electron chi connectivity index (χ1n) is 10.7. The number of Topliss-reactive ketones (excluding diaryl/α,β-unsaturated/α-hetero) is 1. The Bertz CT molecular complexity index is 1290. The van der Waals surface area contributed by atoms with Crippen LogP contribution in [-0.4, -0.2) is 45.0 Å². The number of fused-ring (bicyclic) bond motifs is 1. The van der Waals surface area contributed by atoms with Gasteiger partial charge in [0.2, 0.25) is 0 Å². The van der Waals surface area contributed by atoms with Gasteiger partial charge in [0.25, 0.3) is 23.4 Å². The van der Waals surface area contributed by atoms with E-state index >= 15 is 0 Å². The first-order valence-corrected chi connectivity index (χ1v) is 11.4. The predicted molar refractivity (Wildman–Crippen MR) is 127 cm³/mol. The zero-order chi connectivity index (χ0) is 25.4. The van der Waals surface area contributed by atoms with Crippen LogP contribution in [0.4, 0.5) is 5.69 Å². The van der Waals surface area contributed by atoms with Gasteiger partial charge in [-0.2, -0.15) is 5.01 Å². The summed E-state index contributed by atoms with van der Waals surface area (Å²) in [7, 11) is 0. The number of nitro benzene ring substituents is 1. The van der Waals surface area contributed by atoms with Crippen LogP contribution in [0.2, 0.25) is 10.0 Å². The Balaban J connectivity index is 1.74. The number of allylic oxidation sites excluding steroid dienone is 2. The van der Waals surface area contributed by atoms with Gasteiger partial charge in [-0.15, -0.1) is 0 Å². The van der Waals surface area contributed by atoms with Gasteiger partial charge in [0.05, 0.1) is 27.3 Å². The van der Waals surface area contributed by atoms with E-state index in [1.807, 2.05) is 12.2 Å². The number of ketones is 1. The molecule has 2 aromatic rings. The highest BCUT2D eigenvalue weighted by atomic mass is 35.5. The number of nitrogens with zero attached hydrogens (tertiary/aromatic N) is 3. The van der Waals surface area contributed by atoms with Gasteiger partial charge >= 0.3 is 0 Å². The zero-order valence-corrected chi connectivity index (χ0v) is 19.9. The summed E-state index contributed by atoms with van der Waals surface area (Å²) in [6.07, 6.45) is 3.99. The van der Waals surface area contributed by atoms with Gasteiger partial charge < -0.3 is 0 Å². The lowest BCUT2D eigenvalue weighted by molar-refractivity contribution is -0.384. The molecule has 0 aromatic heterocycles. The minimum absolute atomic E-state index is 0.0261. The number of carbonyl (C=O) groups is 4. The summed E-state index contributed by atoms with van der Waals surface area (Å²) in [5.74, 6) is -4.31. The topological polar surface area (TPSA) is 118 Å². The molecule has 0 N–H and O–H groups in total. The third-order valence-corrected chi connectivity index (χ3v) is 6.71. The summed E-state index contributed by atoms with van der Waals surface area (Å²) in [6.45, 7) is 1.09. The van der Waals surface area contributed by atoms with Crippen molar-refractivity contribution in [2.45, 2.75) is 13.3 Å². The van der Waals surface area contributed by atoms with Crippen LogP contribution in [0.15, 0.2) is 54.6 Å². The van der Waals surface area contributed by atoms with Gasteiger partial charge in [-0.25, -0.2) is 5.01 Å². The molecule has 0 spiro atoms. The van der Waals surface area contributed by atoms with Gasteiger partial charge in [0.1, 0.15) is 6.54 Å². The minimum atomic E-state index is -0.855. The summed E-state index contributed by atoms with van der Waals surface area (Å²) in [5.41, 5.74) is -0.427. The van der Waals surface area contributed by atoms with Crippen molar-refractivity contribution in [3.63, 3.8) is 0 Å². The lowest BCUT2D eigenvalue weighted by Gasteiger charge is -2.30. The van der Waals surface area contributed by atoms with E-state index in [9.17, 15) is 29.3 Å². The van der Waals surface area contributed by atoms with Crippen molar-refractivity contribution in [1.82, 2.24) is 10.0 Å². The van der Waals surface area contributed by atoms with Crippen LogP contribution < -0.4 is 0 Å². The molecule has 1 aliphatic heterocycles. The lowest BCUT2D eigenvalue weighted by Crippen LogP contribution is -2.52. The second-order valence-electron chi connectivity index (χ2n) is 8.36. The number of imide groups is 1. The zero-order valence-electron chi connectivity index (χ0n) is 18.4. The number of benzene rings is 2. The van der Waals surface area contributed by atoms with Crippen molar-refractivity contribution < 1.29 is 24.1 Å². The number of carbonyl (C=O) groups excluding carboxylic acids is 4. The van der Waals surface area contributed by atoms with Gasteiger partial charge in [-0.1, -0.05) is 54.4 Å². The molecule has 1 fully saturated rings. The largest absolute Gasteiger partial charge is 0.292 e. The van der Waals surface area contributed by atoms with Crippen LogP contribution >= 0.6 is 23.2 Å². The number of hydrogen-bond acceptors (Lipinski definition) is 6. The van der Waals surface area contributed by atoms with Gasteiger partial charge in [-0.05, 0) is 30.5 Å². The normalized spacial score (nSPS) is 21.1. The van der Waals surface area contributed by atoms with Crippen LogP contribution in [0.1, 0.15) is 34.1 Å². The Labute approximate surface area is 210 Å². The molecule has 3 atom stereocenters. The molecule has 1 saturated heterocycles. The SMILES string of the molecule is C[C@@H]1C=CC[C@H]2C(=O)N(N(CC(=O)c3cccc([N+](=O)[O-])c3)C(=O)c3ccc(Cl)cc3Cl)C(=O)[C@H]12. The van der Waals surface area contributed by atoms with E-state index < -0.39 is 46.8 Å². The highest BCUT2D eigenvalue weighted by Gasteiger charge is 2.53. The molecule has 2 aromatic carbocycles. The fraction of sp³-hybridized carbons (Fsp3) is 0.250. The quantitative estimate of drug-likeness (QED) is 0.185. The molecule has 0 unspecified atom stereocenters. The monoisotopic (exact) mass is 515 g/mol. The Morgan fingerprint density at radius 2 is 1.89 bits per heavy atom. The van der Waals surface area contributed by atoms with Gasteiger partial charge in [0.15, 0.2) is 5.78 Å². The maximum Gasteiger partial charge on any atom is 0.274 e. The Hall–Kier alpha value is -3.56. The van der Waals surface area contributed by atoms with E-state index in [4.69, 9.17) is 23.2 Å². The summed E-state index contributed by atoms with van der Waals surface area (Å²) in [4.78, 5) is 63.8. The predicted octanol–water partition coefficient (Wildman–Crippen LogP) is 4.34. The van der Waals surface area contributed by atoms with Crippen molar-refractivity contribution in [3.8, 4) is 0 Å². The fourth-order valence-electron chi connectivity index (χ4n) is 4.42. The van der Waals surface area contributed by atoms with Gasteiger partial charge in [0, 0.05) is 22.7 Å². The maximum atomic E-state index is 13.6. The van der Waals surface area contributed by atoms with Crippen LogP contribution in [0.5, 0.6) is 0 Å². The number of amides is 3. The molecule has 1 aliphatic carbocycles. The molecule has 2 aliphatic rings. The first kappa shape index (κ1) is 24.6. The highest BCUT2D eigenvalue weighted by molar-refractivity contribution is 6.36. The molecule has 0 radical (unpaired) electrons. The Morgan fingerprint density at radius 1 is 1.14 bits per heavy atom. The van der Waals surface area contributed by atoms with E-state index in [1.165, 1.54) is 36.4 Å². The Morgan fingerprint density at radius 3 is 2.54 bits per heavy atom.